The minimum atomic E-state index is -0.992. The fraction of sp³-hybridized carbons (Fsp3) is 0.462. The first kappa shape index (κ1) is 27.1. The van der Waals surface area contributed by atoms with Gasteiger partial charge < -0.3 is 24.8 Å². The molecule has 0 spiro atoms. The molecule has 34 heavy (non-hydrogen) atoms. The Kier molecular flexibility index (Phi) is 10.3. The highest BCUT2D eigenvalue weighted by atomic mass is 19.1. The second-order valence-electron chi connectivity index (χ2n) is 9.22. The van der Waals surface area contributed by atoms with Crippen molar-refractivity contribution in [2.75, 3.05) is 31.6 Å². The molecule has 0 bridgehead atoms. The van der Waals surface area contributed by atoms with E-state index >= 15 is 0 Å². The van der Waals surface area contributed by atoms with Crippen LogP contribution in [0.15, 0.2) is 48.5 Å². The summed E-state index contributed by atoms with van der Waals surface area (Å²) >= 11 is 0. The standard InChI is InChI=1S/C26H35FN2O5/c1-5-33-23(24(30)31)17-19-9-11-22(12-10-19)34-16-15-29(14-13-26(2,3)4)25(32)28-21-8-6-7-20(27)18-21/h6-12,18,23H,5,13-17H2,1-4H3,(H,28,32)(H,30,31). The molecule has 2 aromatic rings. The van der Waals surface area contributed by atoms with Gasteiger partial charge >= 0.3 is 12.0 Å². The summed E-state index contributed by atoms with van der Waals surface area (Å²) in [6.07, 6.45) is 0.178. The van der Waals surface area contributed by atoms with E-state index < -0.39 is 17.9 Å². The van der Waals surface area contributed by atoms with Crippen LogP contribution in [0.25, 0.3) is 0 Å². The lowest BCUT2D eigenvalue weighted by Gasteiger charge is -2.27. The number of rotatable bonds is 12. The molecule has 7 nitrogen and oxygen atoms in total. The molecule has 0 saturated carbocycles. The van der Waals surface area contributed by atoms with E-state index in [0.717, 1.165) is 12.0 Å². The monoisotopic (exact) mass is 474 g/mol. The number of nitrogens with zero attached hydrogens (tertiary/aromatic N) is 1. The van der Waals surface area contributed by atoms with Crippen LogP contribution >= 0.6 is 0 Å². The van der Waals surface area contributed by atoms with Crippen LogP contribution < -0.4 is 10.1 Å². The first-order valence-electron chi connectivity index (χ1n) is 11.4. The first-order valence-corrected chi connectivity index (χ1v) is 11.4. The van der Waals surface area contributed by atoms with Gasteiger partial charge in [0.05, 0.1) is 6.54 Å². The van der Waals surface area contributed by atoms with Gasteiger partial charge in [-0.1, -0.05) is 39.0 Å². The molecule has 8 heteroatoms. The van der Waals surface area contributed by atoms with Crippen LogP contribution in [0.4, 0.5) is 14.9 Å². The van der Waals surface area contributed by atoms with Gasteiger partial charge in [-0.05, 0) is 54.7 Å². The smallest absolute Gasteiger partial charge is 0.333 e. The fourth-order valence-corrected chi connectivity index (χ4v) is 3.18. The molecular formula is C26H35FN2O5. The van der Waals surface area contributed by atoms with Crippen molar-refractivity contribution in [1.29, 1.82) is 0 Å². The average Bonchev–Trinajstić information content (AvgIpc) is 2.76. The van der Waals surface area contributed by atoms with E-state index in [1.54, 1.807) is 48.2 Å². The Labute approximate surface area is 200 Å². The van der Waals surface area contributed by atoms with Crippen LogP contribution in [0.3, 0.4) is 0 Å². The number of amides is 2. The maximum Gasteiger partial charge on any atom is 0.333 e. The zero-order chi connectivity index (χ0) is 25.1. The van der Waals surface area contributed by atoms with Crippen LogP contribution in [0.5, 0.6) is 5.75 Å². The van der Waals surface area contributed by atoms with E-state index in [4.69, 9.17) is 9.47 Å². The van der Waals surface area contributed by atoms with Crippen molar-refractivity contribution >= 4 is 17.7 Å². The number of carboxylic acids is 1. The van der Waals surface area contributed by atoms with Gasteiger partial charge in [0.1, 0.15) is 18.2 Å². The van der Waals surface area contributed by atoms with Crippen LogP contribution in [0.2, 0.25) is 0 Å². The van der Waals surface area contributed by atoms with E-state index in [9.17, 15) is 19.1 Å². The van der Waals surface area contributed by atoms with Gasteiger partial charge in [-0.15, -0.1) is 0 Å². The fourth-order valence-electron chi connectivity index (χ4n) is 3.18. The van der Waals surface area contributed by atoms with Gasteiger partial charge in [-0.3, -0.25) is 0 Å². The van der Waals surface area contributed by atoms with Gasteiger partial charge in [0.15, 0.2) is 6.10 Å². The summed E-state index contributed by atoms with van der Waals surface area (Å²) in [7, 11) is 0. The molecule has 1 unspecified atom stereocenters. The molecule has 0 fully saturated rings. The molecule has 2 aromatic carbocycles. The average molecular weight is 475 g/mol. The normalized spacial score (nSPS) is 12.1. The summed E-state index contributed by atoms with van der Waals surface area (Å²) < 4.78 is 24.5. The lowest BCUT2D eigenvalue weighted by Crippen LogP contribution is -2.39. The van der Waals surface area contributed by atoms with E-state index in [2.05, 4.69) is 26.1 Å². The highest BCUT2D eigenvalue weighted by molar-refractivity contribution is 5.89. The zero-order valence-corrected chi connectivity index (χ0v) is 20.3. The molecule has 2 N–H and O–H groups in total. The number of hydrogen-bond acceptors (Lipinski definition) is 4. The van der Waals surface area contributed by atoms with Crippen LogP contribution in [0, 0.1) is 11.2 Å². The van der Waals surface area contributed by atoms with Crippen LogP contribution in [-0.2, 0) is 16.0 Å². The number of carboxylic acid groups (broad SMARTS) is 1. The van der Waals surface area contributed by atoms with Gasteiger partial charge in [0, 0.05) is 25.3 Å². The lowest BCUT2D eigenvalue weighted by molar-refractivity contribution is -0.149. The molecule has 2 rings (SSSR count). The largest absolute Gasteiger partial charge is 0.492 e. The molecule has 2 amide bonds. The van der Waals surface area contributed by atoms with Crippen molar-refractivity contribution in [3.63, 3.8) is 0 Å². The SMILES string of the molecule is CCOC(Cc1ccc(OCCN(CCC(C)(C)C)C(=O)Nc2cccc(F)c2)cc1)C(=O)O. The number of ether oxygens (including phenoxy) is 2. The second-order valence-corrected chi connectivity index (χ2v) is 9.22. The van der Waals surface area contributed by atoms with E-state index in [-0.39, 0.29) is 24.5 Å². The number of halogens is 1. The highest BCUT2D eigenvalue weighted by Crippen LogP contribution is 2.20. The Morgan fingerprint density at radius 3 is 2.41 bits per heavy atom. The minimum Gasteiger partial charge on any atom is -0.492 e. The predicted octanol–water partition coefficient (Wildman–Crippen LogP) is 5.21. The summed E-state index contributed by atoms with van der Waals surface area (Å²) in [5, 5.41) is 12.0. The molecule has 0 aliphatic carbocycles. The minimum absolute atomic E-state index is 0.0450. The van der Waals surface area contributed by atoms with Gasteiger partial charge in [0.2, 0.25) is 0 Å². The predicted molar refractivity (Wildman–Crippen MR) is 130 cm³/mol. The van der Waals surface area contributed by atoms with Crippen LogP contribution in [-0.4, -0.2) is 54.4 Å². The molecule has 0 aromatic heterocycles. The Bertz CT molecular complexity index is 928. The van der Waals surface area contributed by atoms with Gasteiger partial charge in [-0.2, -0.15) is 0 Å². The summed E-state index contributed by atoms with van der Waals surface area (Å²) in [6.45, 7) is 9.56. The molecular weight excluding hydrogens is 439 g/mol. The number of anilines is 1. The Hall–Kier alpha value is -3.13. The van der Waals surface area contributed by atoms with Crippen molar-refractivity contribution in [3.05, 3.63) is 59.9 Å². The van der Waals surface area contributed by atoms with Crippen molar-refractivity contribution in [3.8, 4) is 5.75 Å². The molecule has 0 saturated heterocycles. The third-order valence-electron chi connectivity index (χ3n) is 5.11. The van der Waals surface area contributed by atoms with Gasteiger partial charge in [0.25, 0.3) is 0 Å². The first-order chi connectivity index (χ1) is 16.1. The third-order valence-corrected chi connectivity index (χ3v) is 5.11. The summed E-state index contributed by atoms with van der Waals surface area (Å²) in [4.78, 5) is 25.7. The molecule has 1 atom stereocenters. The number of hydrogen-bond donors (Lipinski definition) is 2. The molecule has 186 valence electrons. The van der Waals surface area contributed by atoms with Crippen molar-refractivity contribution < 1.29 is 28.6 Å². The maximum atomic E-state index is 13.5. The number of nitrogens with one attached hydrogen (secondary N) is 1. The Morgan fingerprint density at radius 2 is 1.82 bits per heavy atom. The lowest BCUT2D eigenvalue weighted by atomic mass is 9.92. The quantitative estimate of drug-likeness (QED) is 0.441. The molecule has 0 heterocycles. The van der Waals surface area contributed by atoms with Crippen molar-refractivity contribution in [2.24, 2.45) is 5.41 Å². The van der Waals surface area contributed by atoms with E-state index in [0.29, 0.717) is 31.1 Å². The molecule has 0 radical (unpaired) electrons. The number of carbonyl (C=O) groups is 2. The maximum absolute atomic E-state index is 13.5. The van der Waals surface area contributed by atoms with E-state index in [1.807, 2.05) is 0 Å². The number of benzene rings is 2. The second kappa shape index (κ2) is 12.9. The zero-order valence-electron chi connectivity index (χ0n) is 20.3. The number of urea groups is 1. The van der Waals surface area contributed by atoms with Crippen LogP contribution in [0.1, 0.15) is 39.7 Å². The highest BCUT2D eigenvalue weighted by Gasteiger charge is 2.19. The molecule has 0 aliphatic heterocycles. The summed E-state index contributed by atoms with van der Waals surface area (Å²) in [5.41, 5.74) is 1.27. The van der Waals surface area contributed by atoms with Crippen molar-refractivity contribution in [1.82, 2.24) is 4.90 Å². The number of carbonyl (C=O) groups excluding carboxylic acids is 1. The van der Waals surface area contributed by atoms with E-state index in [1.165, 1.54) is 12.1 Å². The topological polar surface area (TPSA) is 88.1 Å². The summed E-state index contributed by atoms with van der Waals surface area (Å²) in [5.74, 6) is -0.788. The molecule has 0 aliphatic rings. The van der Waals surface area contributed by atoms with Crippen molar-refractivity contribution in [2.45, 2.75) is 46.6 Å². The summed E-state index contributed by atoms with van der Waals surface area (Å²) in [6, 6.07) is 12.6. The third kappa shape index (κ3) is 9.79. The van der Waals surface area contributed by atoms with Gasteiger partial charge in [-0.25, -0.2) is 14.0 Å². The Morgan fingerprint density at radius 1 is 1.12 bits per heavy atom. The Balaban J connectivity index is 1.94. The number of aliphatic carboxylic acids is 1.